The van der Waals surface area contributed by atoms with E-state index in [4.69, 9.17) is 4.74 Å². The average molecular weight is 397 g/mol. The Kier molecular flexibility index (Phi) is 5.56. The van der Waals surface area contributed by atoms with Gasteiger partial charge >= 0.3 is 0 Å². The summed E-state index contributed by atoms with van der Waals surface area (Å²) in [6.07, 6.45) is 3.69. The molecule has 1 aliphatic heterocycles. The molecule has 0 unspecified atom stereocenters. The summed E-state index contributed by atoms with van der Waals surface area (Å²) >= 11 is 1.69. The molecule has 4 nitrogen and oxygen atoms in total. The molecule has 28 heavy (non-hydrogen) atoms. The normalized spacial score (nSPS) is 16.0. The Morgan fingerprint density at radius 3 is 2.75 bits per heavy atom. The van der Waals surface area contributed by atoms with E-state index < -0.39 is 0 Å². The third-order valence-electron chi connectivity index (χ3n) is 5.93. The van der Waals surface area contributed by atoms with Crippen LogP contribution in [0.3, 0.4) is 0 Å². The molecule has 4 rings (SSSR count). The standard InChI is InChI=1S/C23H28N2O2S/c1-15-4-6-19(24-11-8-16-9-12-25(2)13-10-16)21-22(26)18-14-17(27-3)5-7-20(18)28-23(15)21/h4-7,14,16,24H,8-13H2,1-3H3. The molecule has 2 aromatic carbocycles. The van der Waals surface area contributed by atoms with Gasteiger partial charge in [0.2, 0.25) is 0 Å². The zero-order valence-electron chi connectivity index (χ0n) is 16.9. The molecule has 0 bridgehead atoms. The highest BCUT2D eigenvalue weighted by atomic mass is 32.1. The van der Waals surface area contributed by atoms with Crippen LogP contribution in [0, 0.1) is 12.8 Å². The SMILES string of the molecule is COc1ccc2sc3c(C)ccc(NCCC4CCN(C)CC4)c3c(=O)c2c1. The summed E-state index contributed by atoms with van der Waals surface area (Å²) in [4.78, 5) is 15.7. The first-order valence-electron chi connectivity index (χ1n) is 10.0. The molecule has 0 radical (unpaired) electrons. The van der Waals surface area contributed by atoms with Crippen molar-refractivity contribution in [3.63, 3.8) is 0 Å². The predicted molar refractivity (Wildman–Crippen MR) is 120 cm³/mol. The number of ether oxygens (including phenoxy) is 1. The number of likely N-dealkylation sites (tertiary alicyclic amines) is 1. The van der Waals surface area contributed by atoms with E-state index in [9.17, 15) is 4.79 Å². The van der Waals surface area contributed by atoms with Crippen molar-refractivity contribution in [2.75, 3.05) is 39.1 Å². The Hall–Kier alpha value is -2.11. The number of nitrogens with one attached hydrogen (secondary N) is 1. The van der Waals surface area contributed by atoms with E-state index in [1.807, 2.05) is 18.2 Å². The lowest BCUT2D eigenvalue weighted by molar-refractivity contribution is 0.215. The molecule has 2 heterocycles. The van der Waals surface area contributed by atoms with Crippen LogP contribution in [0.4, 0.5) is 5.69 Å². The monoisotopic (exact) mass is 396 g/mol. The molecule has 1 aliphatic rings. The minimum atomic E-state index is 0.0909. The van der Waals surface area contributed by atoms with Crippen molar-refractivity contribution in [2.24, 2.45) is 5.92 Å². The number of aryl methyl sites for hydroxylation is 1. The summed E-state index contributed by atoms with van der Waals surface area (Å²) in [7, 11) is 3.83. The smallest absolute Gasteiger partial charge is 0.198 e. The number of methoxy groups -OCH3 is 1. The number of hydrogen-bond acceptors (Lipinski definition) is 5. The molecule has 1 N–H and O–H groups in total. The molecule has 3 aromatic rings. The Labute approximate surface area is 170 Å². The van der Waals surface area contributed by atoms with Gasteiger partial charge in [-0.25, -0.2) is 0 Å². The third kappa shape index (κ3) is 3.74. The highest BCUT2D eigenvalue weighted by molar-refractivity contribution is 7.24. The van der Waals surface area contributed by atoms with Crippen LogP contribution in [0.2, 0.25) is 0 Å². The number of nitrogens with zero attached hydrogens (tertiary/aromatic N) is 1. The fraction of sp³-hybridized carbons (Fsp3) is 0.435. The van der Waals surface area contributed by atoms with E-state index in [1.54, 1.807) is 18.4 Å². The Morgan fingerprint density at radius 2 is 2.00 bits per heavy atom. The number of rotatable bonds is 5. The lowest BCUT2D eigenvalue weighted by Crippen LogP contribution is -2.30. The van der Waals surface area contributed by atoms with Crippen molar-refractivity contribution in [1.82, 2.24) is 4.90 Å². The average Bonchev–Trinajstić information content (AvgIpc) is 2.71. The maximum Gasteiger partial charge on any atom is 0.198 e. The molecule has 5 heteroatoms. The van der Waals surface area contributed by atoms with Gasteiger partial charge in [0.05, 0.1) is 12.5 Å². The summed E-state index contributed by atoms with van der Waals surface area (Å²) in [6.45, 7) is 5.37. The van der Waals surface area contributed by atoms with E-state index in [0.29, 0.717) is 0 Å². The van der Waals surface area contributed by atoms with Crippen molar-refractivity contribution < 1.29 is 4.74 Å². The molecule has 0 amide bonds. The van der Waals surface area contributed by atoms with E-state index >= 15 is 0 Å². The summed E-state index contributed by atoms with van der Waals surface area (Å²) in [5, 5.41) is 5.12. The Morgan fingerprint density at radius 1 is 1.21 bits per heavy atom. The van der Waals surface area contributed by atoms with E-state index in [0.717, 1.165) is 56.1 Å². The van der Waals surface area contributed by atoms with Crippen molar-refractivity contribution >= 4 is 37.2 Å². The van der Waals surface area contributed by atoms with Crippen LogP contribution >= 0.6 is 11.3 Å². The topological polar surface area (TPSA) is 41.6 Å². The van der Waals surface area contributed by atoms with Gasteiger partial charge in [-0.2, -0.15) is 0 Å². The molecule has 0 aliphatic carbocycles. The van der Waals surface area contributed by atoms with Gasteiger partial charge in [0.1, 0.15) is 5.75 Å². The molecule has 0 saturated carbocycles. The van der Waals surface area contributed by atoms with Crippen molar-refractivity contribution in [3.8, 4) is 5.75 Å². The van der Waals surface area contributed by atoms with Crippen LogP contribution in [0.5, 0.6) is 5.75 Å². The molecule has 1 aromatic heterocycles. The van der Waals surface area contributed by atoms with Crippen LogP contribution in [0.1, 0.15) is 24.8 Å². The van der Waals surface area contributed by atoms with E-state index in [1.165, 1.54) is 25.9 Å². The van der Waals surface area contributed by atoms with Crippen LogP contribution in [-0.2, 0) is 0 Å². The predicted octanol–water partition coefficient (Wildman–Crippen LogP) is 4.88. The largest absolute Gasteiger partial charge is 0.497 e. The summed E-state index contributed by atoms with van der Waals surface area (Å²) in [5.74, 6) is 1.50. The first-order chi connectivity index (χ1) is 13.6. The number of piperidine rings is 1. The van der Waals surface area contributed by atoms with Gasteiger partial charge in [0.25, 0.3) is 0 Å². The maximum absolute atomic E-state index is 13.3. The van der Waals surface area contributed by atoms with Crippen molar-refractivity contribution in [2.45, 2.75) is 26.2 Å². The number of hydrogen-bond donors (Lipinski definition) is 1. The number of benzene rings is 2. The maximum atomic E-state index is 13.3. The van der Waals surface area contributed by atoms with Gasteiger partial charge in [-0.1, -0.05) is 6.07 Å². The van der Waals surface area contributed by atoms with E-state index in [-0.39, 0.29) is 5.43 Å². The Balaban J connectivity index is 1.65. The fourth-order valence-electron chi connectivity index (χ4n) is 4.10. The highest BCUT2D eigenvalue weighted by Gasteiger charge is 2.17. The third-order valence-corrected chi connectivity index (χ3v) is 7.24. The number of anilines is 1. The molecular weight excluding hydrogens is 368 g/mol. The van der Waals surface area contributed by atoms with Gasteiger partial charge in [0.15, 0.2) is 5.43 Å². The summed E-state index contributed by atoms with van der Waals surface area (Å²) in [5.41, 5.74) is 2.20. The summed E-state index contributed by atoms with van der Waals surface area (Å²) in [6, 6.07) is 9.94. The summed E-state index contributed by atoms with van der Waals surface area (Å²) < 4.78 is 7.41. The quantitative estimate of drug-likeness (QED) is 0.625. The molecular formula is C23H28N2O2S. The van der Waals surface area contributed by atoms with E-state index in [2.05, 4.69) is 36.3 Å². The van der Waals surface area contributed by atoms with Gasteiger partial charge in [-0.15, -0.1) is 11.3 Å². The minimum Gasteiger partial charge on any atom is -0.497 e. The molecule has 1 fully saturated rings. The molecule has 148 valence electrons. The zero-order valence-corrected chi connectivity index (χ0v) is 17.7. The zero-order chi connectivity index (χ0) is 19.7. The lowest BCUT2D eigenvalue weighted by Gasteiger charge is -2.29. The van der Waals surface area contributed by atoms with Gasteiger partial charge in [-0.05, 0) is 82.1 Å². The van der Waals surface area contributed by atoms with Gasteiger partial charge in [-0.3, -0.25) is 4.79 Å². The highest BCUT2D eigenvalue weighted by Crippen LogP contribution is 2.33. The van der Waals surface area contributed by atoms with Gasteiger partial charge in [0, 0.05) is 27.0 Å². The fourth-order valence-corrected chi connectivity index (χ4v) is 5.25. The second kappa shape index (κ2) is 8.10. The molecule has 1 saturated heterocycles. The molecule has 0 spiro atoms. The first kappa shape index (κ1) is 19.2. The van der Waals surface area contributed by atoms with Crippen LogP contribution in [0.15, 0.2) is 35.1 Å². The van der Waals surface area contributed by atoms with Crippen LogP contribution in [-0.4, -0.2) is 38.7 Å². The molecule has 0 atom stereocenters. The van der Waals surface area contributed by atoms with Crippen molar-refractivity contribution in [1.29, 1.82) is 0 Å². The van der Waals surface area contributed by atoms with Gasteiger partial charge < -0.3 is 15.0 Å². The number of fused-ring (bicyclic) bond motifs is 2. The van der Waals surface area contributed by atoms with Crippen LogP contribution in [0.25, 0.3) is 20.2 Å². The van der Waals surface area contributed by atoms with Crippen molar-refractivity contribution in [3.05, 3.63) is 46.1 Å². The first-order valence-corrected chi connectivity index (χ1v) is 10.8. The van der Waals surface area contributed by atoms with Crippen LogP contribution < -0.4 is 15.5 Å². The second-order valence-corrected chi connectivity index (χ2v) is 8.94. The second-order valence-electron chi connectivity index (χ2n) is 7.89. The lowest BCUT2D eigenvalue weighted by atomic mass is 9.94. The Bertz CT molecular complexity index is 1050. The minimum absolute atomic E-state index is 0.0909.